The Morgan fingerprint density at radius 3 is 3.00 bits per heavy atom. The highest BCUT2D eigenvalue weighted by molar-refractivity contribution is 6.31. The molecule has 0 aliphatic heterocycles. The van der Waals surface area contributed by atoms with Gasteiger partial charge in [-0.15, -0.1) is 5.10 Å². The minimum Gasteiger partial charge on any atom is -0.319 e. The zero-order valence-corrected chi connectivity index (χ0v) is 10.7. The Kier molecular flexibility index (Phi) is 3.03. The molecule has 8 heteroatoms. The Morgan fingerprint density at radius 2 is 2.25 bits per heavy atom. The van der Waals surface area contributed by atoms with E-state index in [9.17, 15) is 9.18 Å². The molecule has 1 N–H and O–H groups in total. The molecule has 0 spiro atoms. The quantitative estimate of drug-likeness (QED) is 0.785. The Bertz CT molecular complexity index is 770. The summed E-state index contributed by atoms with van der Waals surface area (Å²) >= 11 is 5.64. The van der Waals surface area contributed by atoms with Crippen LogP contribution in [0.4, 0.5) is 10.1 Å². The third-order valence-electron chi connectivity index (χ3n) is 2.50. The number of amides is 1. The minimum atomic E-state index is -0.556. The van der Waals surface area contributed by atoms with Crippen molar-refractivity contribution in [2.24, 2.45) is 0 Å². The lowest BCUT2D eigenvalue weighted by Gasteiger charge is -2.03. The SMILES string of the molecule is O=C(Nc1ccc(F)c(Cl)c1)c1nc2ncccn2n1. The van der Waals surface area contributed by atoms with E-state index in [1.165, 1.54) is 16.6 Å². The second-order valence-corrected chi connectivity index (χ2v) is 4.29. The van der Waals surface area contributed by atoms with Crippen molar-refractivity contribution in [1.29, 1.82) is 0 Å². The molecule has 100 valence electrons. The topological polar surface area (TPSA) is 72.2 Å². The standard InChI is InChI=1S/C12H7ClFN5O/c13-8-6-7(2-3-9(8)14)16-11(20)10-17-12-15-4-1-5-19(12)18-10/h1-6H,(H,16,20). The summed E-state index contributed by atoms with van der Waals surface area (Å²) in [5, 5.41) is 6.43. The van der Waals surface area contributed by atoms with Crippen molar-refractivity contribution in [3.05, 3.63) is 53.3 Å². The van der Waals surface area contributed by atoms with Crippen LogP contribution in [0.1, 0.15) is 10.6 Å². The molecule has 1 aromatic carbocycles. The van der Waals surface area contributed by atoms with Gasteiger partial charge in [0.25, 0.3) is 11.7 Å². The molecular formula is C12H7ClFN5O. The normalized spacial score (nSPS) is 10.7. The summed E-state index contributed by atoms with van der Waals surface area (Å²) in [6.45, 7) is 0. The molecule has 6 nitrogen and oxygen atoms in total. The molecule has 0 saturated carbocycles. The minimum absolute atomic E-state index is 0.0378. The first-order valence-corrected chi connectivity index (χ1v) is 5.95. The number of nitrogens with zero attached hydrogens (tertiary/aromatic N) is 4. The number of carbonyl (C=O) groups excluding carboxylic acids is 1. The van der Waals surface area contributed by atoms with E-state index in [1.54, 1.807) is 18.5 Å². The van der Waals surface area contributed by atoms with E-state index in [4.69, 9.17) is 11.6 Å². The first-order valence-electron chi connectivity index (χ1n) is 5.57. The molecule has 0 fully saturated rings. The molecule has 1 amide bonds. The highest BCUT2D eigenvalue weighted by atomic mass is 35.5. The summed E-state index contributed by atoms with van der Waals surface area (Å²) in [6.07, 6.45) is 3.17. The number of halogens is 2. The Labute approximate surface area is 117 Å². The van der Waals surface area contributed by atoms with Crippen molar-refractivity contribution in [3.8, 4) is 0 Å². The second-order valence-electron chi connectivity index (χ2n) is 3.88. The largest absolute Gasteiger partial charge is 0.319 e. The van der Waals surface area contributed by atoms with E-state index in [-0.39, 0.29) is 10.8 Å². The van der Waals surface area contributed by atoms with E-state index in [0.29, 0.717) is 11.5 Å². The van der Waals surface area contributed by atoms with Gasteiger partial charge in [0.1, 0.15) is 5.82 Å². The number of carbonyl (C=O) groups is 1. The van der Waals surface area contributed by atoms with Gasteiger partial charge < -0.3 is 5.32 Å². The van der Waals surface area contributed by atoms with Gasteiger partial charge >= 0.3 is 0 Å². The van der Waals surface area contributed by atoms with Gasteiger partial charge in [-0.05, 0) is 24.3 Å². The summed E-state index contributed by atoms with van der Waals surface area (Å²) in [7, 11) is 0. The first kappa shape index (κ1) is 12.5. The average Bonchev–Trinajstić information content (AvgIpc) is 2.87. The summed E-state index contributed by atoms with van der Waals surface area (Å²) in [5.41, 5.74) is 0.355. The molecule has 2 aromatic heterocycles. The first-order chi connectivity index (χ1) is 9.63. The van der Waals surface area contributed by atoms with E-state index in [0.717, 1.165) is 6.07 Å². The van der Waals surface area contributed by atoms with E-state index >= 15 is 0 Å². The van der Waals surface area contributed by atoms with Crippen LogP contribution in [0.25, 0.3) is 5.78 Å². The van der Waals surface area contributed by atoms with Crippen LogP contribution in [0, 0.1) is 5.82 Å². The third-order valence-corrected chi connectivity index (χ3v) is 2.79. The number of benzene rings is 1. The summed E-state index contributed by atoms with van der Waals surface area (Å²) in [6, 6.07) is 5.54. The monoisotopic (exact) mass is 291 g/mol. The van der Waals surface area contributed by atoms with Crippen LogP contribution in [-0.4, -0.2) is 25.5 Å². The van der Waals surface area contributed by atoms with Crippen LogP contribution in [0.15, 0.2) is 36.7 Å². The molecule has 0 saturated heterocycles. The van der Waals surface area contributed by atoms with Gasteiger partial charge in [-0.3, -0.25) is 4.79 Å². The van der Waals surface area contributed by atoms with Crippen molar-refractivity contribution in [2.45, 2.75) is 0 Å². The molecule has 0 aliphatic carbocycles. The second kappa shape index (κ2) is 4.86. The predicted molar refractivity (Wildman–Crippen MR) is 70.1 cm³/mol. The smallest absolute Gasteiger partial charge is 0.295 e. The summed E-state index contributed by atoms with van der Waals surface area (Å²) in [5.74, 6) is -0.808. The van der Waals surface area contributed by atoms with Crippen molar-refractivity contribution in [1.82, 2.24) is 19.6 Å². The number of hydrogen-bond acceptors (Lipinski definition) is 4. The number of nitrogens with one attached hydrogen (secondary N) is 1. The number of hydrogen-bond donors (Lipinski definition) is 1. The van der Waals surface area contributed by atoms with Crippen LogP contribution in [-0.2, 0) is 0 Å². The third kappa shape index (κ3) is 2.30. The Morgan fingerprint density at radius 1 is 1.40 bits per heavy atom. The highest BCUT2D eigenvalue weighted by Crippen LogP contribution is 2.19. The fourth-order valence-corrected chi connectivity index (χ4v) is 1.77. The average molecular weight is 292 g/mol. The molecule has 20 heavy (non-hydrogen) atoms. The number of anilines is 1. The highest BCUT2D eigenvalue weighted by Gasteiger charge is 2.14. The molecule has 0 unspecified atom stereocenters. The van der Waals surface area contributed by atoms with Crippen molar-refractivity contribution >= 4 is 29.0 Å². The molecule has 2 heterocycles. The van der Waals surface area contributed by atoms with Crippen molar-refractivity contribution < 1.29 is 9.18 Å². The predicted octanol–water partition coefficient (Wildman–Crippen LogP) is 2.17. The lowest BCUT2D eigenvalue weighted by atomic mass is 10.3. The van der Waals surface area contributed by atoms with Gasteiger partial charge in [0.05, 0.1) is 5.02 Å². The molecule has 0 radical (unpaired) electrons. The Balaban J connectivity index is 1.86. The van der Waals surface area contributed by atoms with E-state index in [2.05, 4.69) is 20.4 Å². The maximum Gasteiger partial charge on any atom is 0.295 e. The van der Waals surface area contributed by atoms with Gasteiger partial charge in [0.2, 0.25) is 5.82 Å². The van der Waals surface area contributed by atoms with Crippen molar-refractivity contribution in [2.75, 3.05) is 5.32 Å². The number of fused-ring (bicyclic) bond motifs is 1. The fourth-order valence-electron chi connectivity index (χ4n) is 1.59. The zero-order chi connectivity index (χ0) is 14.1. The van der Waals surface area contributed by atoms with Crippen LogP contribution in [0.3, 0.4) is 0 Å². The maximum absolute atomic E-state index is 13.0. The van der Waals surface area contributed by atoms with E-state index in [1.807, 2.05) is 0 Å². The Hall–Kier alpha value is -2.54. The molecule has 3 aromatic rings. The number of rotatable bonds is 2. The van der Waals surface area contributed by atoms with Crippen LogP contribution in [0.5, 0.6) is 0 Å². The summed E-state index contributed by atoms with van der Waals surface area (Å²) < 4.78 is 14.4. The van der Waals surface area contributed by atoms with Crippen LogP contribution in [0.2, 0.25) is 5.02 Å². The lowest BCUT2D eigenvalue weighted by molar-refractivity contribution is 0.101. The van der Waals surface area contributed by atoms with Gasteiger partial charge in [-0.2, -0.15) is 4.98 Å². The van der Waals surface area contributed by atoms with Crippen LogP contribution < -0.4 is 5.32 Å². The lowest BCUT2D eigenvalue weighted by Crippen LogP contribution is -2.14. The maximum atomic E-state index is 13.0. The van der Waals surface area contributed by atoms with Crippen LogP contribution >= 0.6 is 11.6 Å². The number of aromatic nitrogens is 4. The fraction of sp³-hybridized carbons (Fsp3) is 0. The van der Waals surface area contributed by atoms with Crippen molar-refractivity contribution in [3.63, 3.8) is 0 Å². The molecule has 0 atom stereocenters. The molecular weight excluding hydrogens is 285 g/mol. The molecule has 0 bridgehead atoms. The summed E-state index contributed by atoms with van der Waals surface area (Å²) in [4.78, 5) is 19.9. The van der Waals surface area contributed by atoms with Gasteiger partial charge in [0, 0.05) is 18.1 Å². The molecule has 0 aliphatic rings. The van der Waals surface area contributed by atoms with Gasteiger partial charge in [-0.1, -0.05) is 11.6 Å². The zero-order valence-electron chi connectivity index (χ0n) is 9.92. The van der Waals surface area contributed by atoms with E-state index < -0.39 is 11.7 Å². The molecule has 3 rings (SSSR count). The van der Waals surface area contributed by atoms with Gasteiger partial charge in [0.15, 0.2) is 0 Å². The van der Waals surface area contributed by atoms with Gasteiger partial charge in [-0.25, -0.2) is 13.9 Å².